The molecule has 1 aliphatic rings. The number of benzene rings is 4. The Morgan fingerprint density at radius 2 is 1.23 bits per heavy atom. The number of hydrogen-bond acceptors (Lipinski definition) is 2. The highest BCUT2D eigenvalue weighted by Gasteiger charge is 2.42. The maximum absolute atomic E-state index is 13.7. The number of hydrogen-bond donors (Lipinski definition) is 0. The molecular weight excluding hydrogens is 490 g/mol. The summed E-state index contributed by atoms with van der Waals surface area (Å²) in [4.78, 5) is 15.8. The summed E-state index contributed by atoms with van der Waals surface area (Å²) in [6, 6.07) is 42.2. The topological polar surface area (TPSA) is 29.5 Å². The molecule has 0 unspecified atom stereocenters. The number of rotatable bonds is 13. The summed E-state index contributed by atoms with van der Waals surface area (Å²) < 4.78 is 7.17. The van der Waals surface area contributed by atoms with Gasteiger partial charge in [-0.15, -0.1) is 0 Å². The van der Waals surface area contributed by atoms with Gasteiger partial charge in [0.05, 0.1) is 12.6 Å². The van der Waals surface area contributed by atoms with Crippen LogP contribution in [0.1, 0.15) is 61.3 Å². The first-order valence-corrected chi connectivity index (χ1v) is 14.9. The van der Waals surface area contributed by atoms with Crippen LogP contribution in [0.2, 0.25) is 0 Å². The van der Waals surface area contributed by atoms with Crippen molar-refractivity contribution in [3.8, 4) is 0 Å². The number of unbranched alkanes of at least 4 members (excludes halogenated alkanes) is 1. The molecule has 3 heteroatoms. The predicted octanol–water partition coefficient (Wildman–Crippen LogP) is 8.04. The molecule has 0 N–H and O–H groups in total. The van der Waals surface area contributed by atoms with Gasteiger partial charge in [-0.1, -0.05) is 141 Å². The molecule has 0 aliphatic carbocycles. The van der Waals surface area contributed by atoms with Crippen molar-refractivity contribution in [3.63, 3.8) is 0 Å². The smallest absolute Gasteiger partial charge is 0.226 e. The third kappa shape index (κ3) is 6.21. The molecule has 1 fully saturated rings. The third-order valence-electron chi connectivity index (χ3n) is 8.28. The molecule has 1 saturated heterocycles. The predicted molar refractivity (Wildman–Crippen MR) is 163 cm³/mol. The summed E-state index contributed by atoms with van der Waals surface area (Å²) in [5.41, 5.74) is 3.82. The van der Waals surface area contributed by atoms with E-state index >= 15 is 0 Å². The number of aryl methyl sites for hydroxylation is 1. The van der Waals surface area contributed by atoms with Crippen LogP contribution in [-0.2, 0) is 21.6 Å². The van der Waals surface area contributed by atoms with Crippen molar-refractivity contribution >= 4 is 5.91 Å². The Hall–Kier alpha value is -3.69. The van der Waals surface area contributed by atoms with Gasteiger partial charge in [0.1, 0.15) is 5.60 Å². The van der Waals surface area contributed by atoms with Crippen molar-refractivity contribution in [1.82, 2.24) is 4.90 Å². The van der Waals surface area contributed by atoms with Gasteiger partial charge in [0, 0.05) is 12.5 Å². The highest BCUT2D eigenvalue weighted by atomic mass is 16.5. The van der Waals surface area contributed by atoms with Crippen molar-refractivity contribution < 1.29 is 9.53 Å². The number of likely N-dealkylation sites (tertiary alicyclic amines) is 1. The van der Waals surface area contributed by atoms with Gasteiger partial charge < -0.3 is 9.64 Å². The van der Waals surface area contributed by atoms with Crippen molar-refractivity contribution in [1.29, 1.82) is 0 Å². The van der Waals surface area contributed by atoms with Gasteiger partial charge in [-0.25, -0.2) is 0 Å². The van der Waals surface area contributed by atoms with Crippen LogP contribution in [0.15, 0.2) is 121 Å². The van der Waals surface area contributed by atoms with E-state index in [1.54, 1.807) is 0 Å². The van der Waals surface area contributed by atoms with Crippen molar-refractivity contribution in [2.75, 3.05) is 13.2 Å². The monoisotopic (exact) mass is 531 g/mol. The fraction of sp³-hybridized carbons (Fsp3) is 0.324. The molecule has 0 saturated carbocycles. The molecule has 0 spiro atoms. The van der Waals surface area contributed by atoms with Gasteiger partial charge in [0.25, 0.3) is 0 Å². The lowest BCUT2D eigenvalue weighted by Crippen LogP contribution is -2.41. The number of nitrogens with zero attached hydrogens (tertiary/aromatic N) is 1. The molecule has 3 nitrogen and oxygen atoms in total. The quantitative estimate of drug-likeness (QED) is 0.163. The Kier molecular flexibility index (Phi) is 9.46. The van der Waals surface area contributed by atoms with Gasteiger partial charge in [-0.05, 0) is 47.9 Å². The Morgan fingerprint density at radius 1 is 0.725 bits per heavy atom. The highest BCUT2D eigenvalue weighted by Crippen LogP contribution is 2.41. The molecular formula is C37H41NO2. The zero-order valence-corrected chi connectivity index (χ0v) is 23.6. The standard InChI is InChI=1S/C37H41NO2/c1-2-3-20-31-28-35(38(36(31)39)27-16-19-30-17-8-4-9-18-30)29-40-37(32-21-10-5-11-22-32,33-23-12-6-13-24-33)34-25-14-7-15-26-34/h4-15,17-18,21-26,31,35H,2-3,16,19-20,27-29H2,1H3/t31-,35+/m1/s1. The SMILES string of the molecule is CCCC[C@@H]1C[C@@H](COC(c2ccccc2)(c2ccccc2)c2ccccc2)N(CCCc2ccccc2)C1=O. The fourth-order valence-corrected chi connectivity index (χ4v) is 6.20. The first-order valence-electron chi connectivity index (χ1n) is 14.9. The van der Waals surface area contributed by atoms with Gasteiger partial charge in [-0.3, -0.25) is 4.79 Å². The number of amides is 1. The zero-order chi connectivity index (χ0) is 27.6. The maximum atomic E-state index is 13.7. The van der Waals surface area contributed by atoms with E-state index in [1.807, 2.05) is 18.2 Å². The van der Waals surface area contributed by atoms with Gasteiger partial charge in [0.2, 0.25) is 5.91 Å². The second-order valence-electron chi connectivity index (χ2n) is 10.9. The molecule has 40 heavy (non-hydrogen) atoms. The van der Waals surface area contributed by atoms with Crippen molar-refractivity contribution in [3.05, 3.63) is 144 Å². The van der Waals surface area contributed by atoms with Gasteiger partial charge in [-0.2, -0.15) is 0 Å². The summed E-state index contributed by atoms with van der Waals surface area (Å²) in [5, 5.41) is 0. The minimum absolute atomic E-state index is 0.0561. The molecule has 1 aliphatic heterocycles. The van der Waals surface area contributed by atoms with Gasteiger partial charge >= 0.3 is 0 Å². The van der Waals surface area contributed by atoms with Crippen molar-refractivity contribution in [2.24, 2.45) is 5.92 Å². The number of carbonyl (C=O) groups excluding carboxylic acids is 1. The van der Waals surface area contributed by atoms with E-state index in [0.717, 1.165) is 61.8 Å². The number of carbonyl (C=O) groups is 1. The molecule has 4 aromatic carbocycles. The average Bonchev–Trinajstić information content (AvgIpc) is 3.32. The molecule has 206 valence electrons. The molecule has 2 atom stereocenters. The van der Waals surface area contributed by atoms with E-state index < -0.39 is 5.60 Å². The van der Waals surface area contributed by atoms with Crippen molar-refractivity contribution in [2.45, 2.75) is 57.1 Å². The molecule has 0 bridgehead atoms. The lowest BCUT2D eigenvalue weighted by Gasteiger charge is -2.38. The normalized spacial score (nSPS) is 17.3. The summed E-state index contributed by atoms with van der Waals surface area (Å²) in [6.45, 7) is 3.45. The Bertz CT molecular complexity index is 1210. The van der Waals surface area contributed by atoms with E-state index in [9.17, 15) is 4.79 Å². The zero-order valence-electron chi connectivity index (χ0n) is 23.6. The molecule has 5 rings (SSSR count). The Morgan fingerprint density at radius 3 is 1.73 bits per heavy atom. The van der Waals surface area contributed by atoms with Crippen LogP contribution in [0.25, 0.3) is 0 Å². The van der Waals surface area contributed by atoms with E-state index in [0.29, 0.717) is 12.5 Å². The maximum Gasteiger partial charge on any atom is 0.226 e. The summed E-state index contributed by atoms with van der Waals surface area (Å²) in [7, 11) is 0. The first-order chi connectivity index (χ1) is 19.7. The van der Waals surface area contributed by atoms with E-state index in [1.165, 1.54) is 5.56 Å². The Balaban J connectivity index is 1.44. The molecule has 1 amide bonds. The van der Waals surface area contributed by atoms with Crippen LogP contribution < -0.4 is 0 Å². The van der Waals surface area contributed by atoms with Crippen LogP contribution in [0.4, 0.5) is 0 Å². The van der Waals surface area contributed by atoms with Crippen LogP contribution in [-0.4, -0.2) is 30.0 Å². The van der Waals surface area contributed by atoms with Crippen LogP contribution in [0.3, 0.4) is 0 Å². The largest absolute Gasteiger partial charge is 0.359 e. The van der Waals surface area contributed by atoms with E-state index in [2.05, 4.69) is 115 Å². The second kappa shape index (κ2) is 13.6. The average molecular weight is 532 g/mol. The molecule has 1 heterocycles. The van der Waals surface area contributed by atoms with E-state index in [-0.39, 0.29) is 12.0 Å². The van der Waals surface area contributed by atoms with Crippen LogP contribution >= 0.6 is 0 Å². The summed E-state index contributed by atoms with van der Waals surface area (Å²) >= 11 is 0. The molecule has 0 aromatic heterocycles. The minimum Gasteiger partial charge on any atom is -0.359 e. The Labute approximate surface area is 239 Å². The summed E-state index contributed by atoms with van der Waals surface area (Å²) in [5.74, 6) is 0.393. The fourth-order valence-electron chi connectivity index (χ4n) is 6.20. The highest BCUT2D eigenvalue weighted by molar-refractivity contribution is 5.81. The number of ether oxygens (including phenoxy) is 1. The lowest BCUT2D eigenvalue weighted by molar-refractivity contribution is -0.133. The lowest BCUT2D eigenvalue weighted by atomic mass is 9.80. The van der Waals surface area contributed by atoms with E-state index in [4.69, 9.17) is 4.74 Å². The van der Waals surface area contributed by atoms with Crippen LogP contribution in [0, 0.1) is 5.92 Å². The second-order valence-corrected chi connectivity index (χ2v) is 10.9. The summed E-state index contributed by atoms with van der Waals surface area (Å²) in [6.07, 6.45) is 5.94. The third-order valence-corrected chi connectivity index (χ3v) is 8.28. The minimum atomic E-state index is -0.774. The molecule has 4 aromatic rings. The van der Waals surface area contributed by atoms with Crippen LogP contribution in [0.5, 0.6) is 0 Å². The molecule has 0 radical (unpaired) electrons. The first kappa shape index (κ1) is 27.9. The van der Waals surface area contributed by atoms with Gasteiger partial charge in [0.15, 0.2) is 0 Å².